The third kappa shape index (κ3) is 4.17. The molecule has 2 aromatic rings. The fourth-order valence-corrected chi connectivity index (χ4v) is 3.11. The molecule has 7 nitrogen and oxygen atoms in total. The van der Waals surface area contributed by atoms with E-state index in [9.17, 15) is 9.59 Å². The van der Waals surface area contributed by atoms with Gasteiger partial charge in [0.2, 0.25) is 0 Å². The topological polar surface area (TPSA) is 90.1 Å². The fourth-order valence-electron chi connectivity index (χ4n) is 3.11. The molecule has 0 unspecified atom stereocenters. The predicted octanol–water partition coefficient (Wildman–Crippen LogP) is 2.53. The first-order valence-corrected chi connectivity index (χ1v) is 8.56. The van der Waals surface area contributed by atoms with Gasteiger partial charge in [-0.15, -0.1) is 0 Å². The third-order valence-electron chi connectivity index (χ3n) is 4.48. The Morgan fingerprint density at radius 2 is 2.08 bits per heavy atom. The number of urea groups is 1. The number of aromatic nitrogens is 2. The molecule has 0 saturated carbocycles. The van der Waals surface area contributed by atoms with Crippen LogP contribution in [0.15, 0.2) is 36.5 Å². The predicted molar refractivity (Wildman–Crippen MR) is 95.5 cm³/mol. The van der Waals surface area contributed by atoms with E-state index in [0.29, 0.717) is 18.7 Å². The normalized spacial score (nSPS) is 17.2. The molecule has 25 heavy (non-hydrogen) atoms. The van der Waals surface area contributed by atoms with Gasteiger partial charge in [0.05, 0.1) is 11.8 Å². The van der Waals surface area contributed by atoms with E-state index in [2.05, 4.69) is 20.8 Å². The van der Waals surface area contributed by atoms with E-state index in [-0.39, 0.29) is 18.0 Å². The number of para-hydroxylation sites is 1. The number of anilines is 1. The van der Waals surface area contributed by atoms with Gasteiger partial charge < -0.3 is 15.5 Å². The second-order valence-corrected chi connectivity index (χ2v) is 6.26. The van der Waals surface area contributed by atoms with E-state index in [1.165, 1.54) is 0 Å². The standard InChI is InChI=1S/C18H23N5O2/c1-13-16(12-20-22-13)17(24)23-10-6-5-9-15(23)11-19-18(25)21-14-7-3-2-4-8-14/h2-4,7-8,12,15H,5-6,9-11H2,1H3,(H,20,22)(H2,19,21,25)/t15-/m1/s1. The van der Waals surface area contributed by atoms with Crippen LogP contribution in [0.5, 0.6) is 0 Å². The van der Waals surface area contributed by atoms with Crippen LogP contribution in [0.2, 0.25) is 0 Å². The monoisotopic (exact) mass is 341 g/mol. The number of nitrogens with one attached hydrogen (secondary N) is 3. The van der Waals surface area contributed by atoms with Crippen molar-refractivity contribution >= 4 is 17.6 Å². The average Bonchev–Trinajstić information content (AvgIpc) is 3.06. The number of aromatic amines is 1. The molecule has 1 aliphatic heterocycles. The molecule has 0 bridgehead atoms. The lowest BCUT2D eigenvalue weighted by Gasteiger charge is -2.35. The minimum Gasteiger partial charge on any atom is -0.336 e. The molecule has 132 valence electrons. The minimum absolute atomic E-state index is 0.00271. The van der Waals surface area contributed by atoms with Gasteiger partial charge in [-0.05, 0) is 38.3 Å². The molecule has 1 atom stereocenters. The number of H-pyrrole nitrogens is 1. The molecule has 0 radical (unpaired) electrons. The number of carbonyl (C=O) groups excluding carboxylic acids is 2. The summed E-state index contributed by atoms with van der Waals surface area (Å²) in [7, 11) is 0. The van der Waals surface area contributed by atoms with Gasteiger partial charge in [-0.3, -0.25) is 9.89 Å². The van der Waals surface area contributed by atoms with Gasteiger partial charge in [0.25, 0.3) is 5.91 Å². The van der Waals surface area contributed by atoms with Crippen LogP contribution in [-0.4, -0.2) is 46.2 Å². The largest absolute Gasteiger partial charge is 0.336 e. The molecule has 2 heterocycles. The molecule has 0 aliphatic carbocycles. The number of likely N-dealkylation sites (tertiary alicyclic amines) is 1. The molecular formula is C18H23N5O2. The Morgan fingerprint density at radius 3 is 2.80 bits per heavy atom. The summed E-state index contributed by atoms with van der Waals surface area (Å²) in [6.45, 7) is 2.97. The Bertz CT molecular complexity index is 728. The lowest BCUT2D eigenvalue weighted by molar-refractivity contribution is 0.0614. The van der Waals surface area contributed by atoms with Gasteiger partial charge in [-0.2, -0.15) is 5.10 Å². The fraction of sp³-hybridized carbons (Fsp3) is 0.389. The van der Waals surface area contributed by atoms with Crippen molar-refractivity contribution in [2.24, 2.45) is 0 Å². The summed E-state index contributed by atoms with van der Waals surface area (Å²) in [4.78, 5) is 26.7. The molecule has 1 aliphatic rings. The molecule has 3 amide bonds. The summed E-state index contributed by atoms with van der Waals surface area (Å²) in [5.41, 5.74) is 2.11. The van der Waals surface area contributed by atoms with Crippen LogP contribution in [0, 0.1) is 6.92 Å². The zero-order valence-electron chi connectivity index (χ0n) is 14.3. The van der Waals surface area contributed by atoms with E-state index in [1.807, 2.05) is 42.2 Å². The van der Waals surface area contributed by atoms with E-state index in [4.69, 9.17) is 0 Å². The Labute approximate surface area is 146 Å². The number of rotatable bonds is 4. The number of amides is 3. The van der Waals surface area contributed by atoms with E-state index in [1.54, 1.807) is 6.20 Å². The Hall–Kier alpha value is -2.83. The van der Waals surface area contributed by atoms with Crippen molar-refractivity contribution in [1.82, 2.24) is 20.4 Å². The molecule has 3 N–H and O–H groups in total. The number of carbonyl (C=O) groups is 2. The lowest BCUT2D eigenvalue weighted by Crippen LogP contribution is -2.50. The van der Waals surface area contributed by atoms with Crippen LogP contribution in [0.25, 0.3) is 0 Å². The third-order valence-corrected chi connectivity index (χ3v) is 4.48. The minimum atomic E-state index is -0.260. The summed E-state index contributed by atoms with van der Waals surface area (Å²) in [5, 5.41) is 12.4. The molecule has 1 aromatic heterocycles. The lowest BCUT2D eigenvalue weighted by atomic mass is 10.0. The van der Waals surface area contributed by atoms with Crippen molar-refractivity contribution in [3.63, 3.8) is 0 Å². The molecule has 1 fully saturated rings. The average molecular weight is 341 g/mol. The van der Waals surface area contributed by atoms with Gasteiger partial charge in [-0.1, -0.05) is 18.2 Å². The molecule has 1 aromatic carbocycles. The molecule has 3 rings (SSSR count). The number of aryl methyl sites for hydroxylation is 1. The second-order valence-electron chi connectivity index (χ2n) is 6.26. The van der Waals surface area contributed by atoms with Crippen molar-refractivity contribution in [2.75, 3.05) is 18.4 Å². The van der Waals surface area contributed by atoms with Crippen molar-refractivity contribution in [2.45, 2.75) is 32.2 Å². The van der Waals surface area contributed by atoms with Gasteiger partial charge in [0, 0.05) is 30.5 Å². The van der Waals surface area contributed by atoms with Crippen molar-refractivity contribution in [3.8, 4) is 0 Å². The first-order valence-electron chi connectivity index (χ1n) is 8.56. The van der Waals surface area contributed by atoms with E-state index < -0.39 is 0 Å². The first-order chi connectivity index (χ1) is 12.1. The number of benzene rings is 1. The zero-order chi connectivity index (χ0) is 17.6. The van der Waals surface area contributed by atoms with E-state index in [0.717, 1.165) is 30.6 Å². The smallest absolute Gasteiger partial charge is 0.319 e. The number of piperidine rings is 1. The zero-order valence-corrected chi connectivity index (χ0v) is 14.3. The van der Waals surface area contributed by atoms with Crippen LogP contribution in [0.1, 0.15) is 35.3 Å². The molecular weight excluding hydrogens is 318 g/mol. The maximum absolute atomic E-state index is 12.8. The van der Waals surface area contributed by atoms with E-state index >= 15 is 0 Å². The summed E-state index contributed by atoms with van der Waals surface area (Å²) >= 11 is 0. The van der Waals surface area contributed by atoms with Crippen molar-refractivity contribution in [3.05, 3.63) is 47.8 Å². The van der Waals surface area contributed by atoms with Crippen LogP contribution < -0.4 is 10.6 Å². The Balaban J connectivity index is 1.59. The van der Waals surface area contributed by atoms with Crippen molar-refractivity contribution < 1.29 is 9.59 Å². The van der Waals surface area contributed by atoms with Gasteiger partial charge in [0.15, 0.2) is 0 Å². The summed E-state index contributed by atoms with van der Waals surface area (Å²) in [6.07, 6.45) is 4.49. The highest BCUT2D eigenvalue weighted by Crippen LogP contribution is 2.20. The summed E-state index contributed by atoms with van der Waals surface area (Å²) in [6, 6.07) is 9.03. The van der Waals surface area contributed by atoms with Crippen LogP contribution >= 0.6 is 0 Å². The first kappa shape index (κ1) is 17.0. The van der Waals surface area contributed by atoms with Gasteiger partial charge in [-0.25, -0.2) is 4.79 Å². The van der Waals surface area contributed by atoms with Crippen molar-refractivity contribution in [1.29, 1.82) is 0 Å². The highest BCUT2D eigenvalue weighted by atomic mass is 16.2. The maximum atomic E-state index is 12.8. The number of hydrogen-bond donors (Lipinski definition) is 3. The van der Waals surface area contributed by atoms with Crippen LogP contribution in [0.3, 0.4) is 0 Å². The maximum Gasteiger partial charge on any atom is 0.319 e. The van der Waals surface area contributed by atoms with Gasteiger partial charge >= 0.3 is 6.03 Å². The summed E-state index contributed by atoms with van der Waals surface area (Å²) in [5.74, 6) is -0.0267. The summed E-state index contributed by atoms with van der Waals surface area (Å²) < 4.78 is 0. The highest BCUT2D eigenvalue weighted by molar-refractivity contribution is 5.95. The Kier molecular flexibility index (Phi) is 5.33. The highest BCUT2D eigenvalue weighted by Gasteiger charge is 2.29. The van der Waals surface area contributed by atoms with Crippen LogP contribution in [0.4, 0.5) is 10.5 Å². The second kappa shape index (κ2) is 7.83. The number of nitrogens with zero attached hydrogens (tertiary/aromatic N) is 2. The molecule has 0 spiro atoms. The van der Waals surface area contributed by atoms with Gasteiger partial charge in [0.1, 0.15) is 0 Å². The molecule has 1 saturated heterocycles. The SMILES string of the molecule is Cc1[nH]ncc1C(=O)N1CCCC[C@@H]1CNC(=O)Nc1ccccc1. The van der Waals surface area contributed by atoms with Crippen LogP contribution in [-0.2, 0) is 0 Å². The number of hydrogen-bond acceptors (Lipinski definition) is 3. The molecule has 7 heteroatoms. The quantitative estimate of drug-likeness (QED) is 0.798. The Morgan fingerprint density at radius 1 is 1.28 bits per heavy atom.